The molecular formula is C12H16N2O4S2. The third-order valence-corrected chi connectivity index (χ3v) is 6.13. The molecule has 0 unspecified atom stereocenters. The van der Waals surface area contributed by atoms with Gasteiger partial charge in [0.1, 0.15) is 15.2 Å². The summed E-state index contributed by atoms with van der Waals surface area (Å²) < 4.78 is 26.3. The highest BCUT2D eigenvalue weighted by atomic mass is 32.2. The lowest BCUT2D eigenvalue weighted by atomic mass is 10.3. The molecule has 0 amide bonds. The van der Waals surface area contributed by atoms with Gasteiger partial charge < -0.3 is 5.11 Å². The Kier molecular flexibility index (Phi) is 5.68. The van der Waals surface area contributed by atoms with E-state index in [9.17, 15) is 13.2 Å². The molecule has 0 saturated heterocycles. The van der Waals surface area contributed by atoms with Gasteiger partial charge in [-0.1, -0.05) is 0 Å². The summed E-state index contributed by atoms with van der Waals surface area (Å²) in [4.78, 5) is 10.8. The number of carboxylic acids is 1. The van der Waals surface area contributed by atoms with E-state index in [-0.39, 0.29) is 29.6 Å². The molecule has 0 aliphatic carbocycles. The van der Waals surface area contributed by atoms with Crippen LogP contribution in [0, 0.1) is 11.3 Å². The second-order valence-corrected chi connectivity index (χ2v) is 7.64. The lowest BCUT2D eigenvalue weighted by Gasteiger charge is -2.24. The lowest BCUT2D eigenvalue weighted by Crippen LogP contribution is -2.37. The maximum atomic E-state index is 12.5. The van der Waals surface area contributed by atoms with E-state index < -0.39 is 16.0 Å². The van der Waals surface area contributed by atoms with Crippen LogP contribution >= 0.6 is 11.3 Å². The summed E-state index contributed by atoms with van der Waals surface area (Å²) in [6, 6.07) is 4.50. The van der Waals surface area contributed by atoms with Crippen molar-refractivity contribution in [3.05, 3.63) is 17.0 Å². The van der Waals surface area contributed by atoms with Gasteiger partial charge in [-0.15, -0.1) is 11.3 Å². The molecule has 0 aromatic carbocycles. The van der Waals surface area contributed by atoms with Crippen molar-refractivity contribution < 1.29 is 18.3 Å². The van der Waals surface area contributed by atoms with E-state index in [0.717, 1.165) is 11.3 Å². The third kappa shape index (κ3) is 4.03. The first-order chi connectivity index (χ1) is 9.28. The fraction of sp³-hybridized carbons (Fsp3) is 0.500. The molecule has 1 N–H and O–H groups in total. The molecule has 0 atom stereocenters. The normalized spacial score (nSPS) is 11.8. The number of nitrogens with zero attached hydrogens (tertiary/aromatic N) is 2. The van der Waals surface area contributed by atoms with Crippen molar-refractivity contribution in [3.63, 3.8) is 0 Å². The van der Waals surface area contributed by atoms with E-state index in [1.54, 1.807) is 13.8 Å². The van der Waals surface area contributed by atoms with Gasteiger partial charge in [-0.2, -0.15) is 9.57 Å². The summed E-state index contributed by atoms with van der Waals surface area (Å²) in [5.74, 6) is -0.950. The second kappa shape index (κ2) is 6.83. The zero-order valence-corrected chi connectivity index (χ0v) is 12.9. The molecule has 0 bridgehead atoms. The molecular weight excluding hydrogens is 300 g/mol. The molecule has 0 saturated carbocycles. The fourth-order valence-electron chi connectivity index (χ4n) is 1.68. The summed E-state index contributed by atoms with van der Waals surface area (Å²) >= 11 is 0.918. The van der Waals surface area contributed by atoms with Crippen LogP contribution in [0.3, 0.4) is 0 Å². The number of sulfonamides is 1. The first kappa shape index (κ1) is 16.6. The Hall–Kier alpha value is -1.43. The molecule has 1 heterocycles. The summed E-state index contributed by atoms with van der Waals surface area (Å²) in [5.41, 5.74) is 0. The van der Waals surface area contributed by atoms with Crippen molar-refractivity contribution >= 4 is 27.3 Å². The Morgan fingerprint density at radius 1 is 1.50 bits per heavy atom. The van der Waals surface area contributed by atoms with Crippen molar-refractivity contribution in [2.75, 3.05) is 6.54 Å². The first-order valence-corrected chi connectivity index (χ1v) is 8.28. The van der Waals surface area contributed by atoms with Gasteiger partial charge in [0, 0.05) is 19.0 Å². The largest absolute Gasteiger partial charge is 0.481 e. The Morgan fingerprint density at radius 2 is 2.15 bits per heavy atom. The van der Waals surface area contributed by atoms with Gasteiger partial charge in [0.25, 0.3) is 10.0 Å². The Bertz CT molecular complexity index is 614. The topological polar surface area (TPSA) is 98.5 Å². The highest BCUT2D eigenvalue weighted by Gasteiger charge is 2.28. The van der Waals surface area contributed by atoms with Crippen molar-refractivity contribution in [3.8, 4) is 6.07 Å². The molecule has 8 heteroatoms. The maximum absolute atomic E-state index is 12.5. The van der Waals surface area contributed by atoms with Crippen molar-refractivity contribution in [2.24, 2.45) is 0 Å². The average molecular weight is 316 g/mol. The predicted octanol–water partition coefficient (Wildman–Crippen LogP) is 1.88. The number of carboxylic acid groups (broad SMARTS) is 1. The number of thiophene rings is 1. The maximum Gasteiger partial charge on any atom is 0.303 e. The molecule has 0 spiro atoms. The molecule has 0 aliphatic rings. The van der Waals surface area contributed by atoms with E-state index in [0.29, 0.717) is 4.88 Å². The number of rotatable bonds is 7. The highest BCUT2D eigenvalue weighted by Crippen LogP contribution is 2.26. The standard InChI is InChI=1S/C12H16N2O4S2/c1-9(2)14(7-3-4-11(15)16)20(17,18)12-6-5-10(8-13)19-12/h5-6,9H,3-4,7H2,1-2H3,(H,15,16). The highest BCUT2D eigenvalue weighted by molar-refractivity contribution is 7.91. The van der Waals surface area contributed by atoms with E-state index >= 15 is 0 Å². The van der Waals surface area contributed by atoms with Gasteiger partial charge in [0.15, 0.2) is 0 Å². The van der Waals surface area contributed by atoms with Crippen LogP contribution in [0.25, 0.3) is 0 Å². The molecule has 1 aromatic rings. The van der Waals surface area contributed by atoms with Gasteiger partial charge in [0.05, 0.1) is 0 Å². The monoisotopic (exact) mass is 316 g/mol. The van der Waals surface area contributed by atoms with Crippen molar-refractivity contribution in [2.45, 2.75) is 36.9 Å². The second-order valence-electron chi connectivity index (χ2n) is 4.44. The Morgan fingerprint density at radius 3 is 2.60 bits per heavy atom. The number of carbonyl (C=O) groups is 1. The summed E-state index contributed by atoms with van der Waals surface area (Å²) in [5, 5.41) is 17.4. The fourth-order valence-corrected chi connectivity index (χ4v) is 4.58. The molecule has 0 aliphatic heterocycles. The molecule has 20 heavy (non-hydrogen) atoms. The van der Waals surface area contributed by atoms with E-state index in [4.69, 9.17) is 10.4 Å². The quantitative estimate of drug-likeness (QED) is 0.828. The number of hydrogen-bond acceptors (Lipinski definition) is 5. The first-order valence-electron chi connectivity index (χ1n) is 6.02. The summed E-state index contributed by atoms with van der Waals surface area (Å²) in [6.45, 7) is 3.61. The number of hydrogen-bond donors (Lipinski definition) is 1. The molecule has 110 valence electrons. The van der Waals surface area contributed by atoms with Gasteiger partial charge in [-0.05, 0) is 32.4 Å². The van der Waals surface area contributed by atoms with Gasteiger partial charge in [-0.25, -0.2) is 8.42 Å². The third-order valence-electron chi connectivity index (χ3n) is 2.60. The van der Waals surface area contributed by atoms with Gasteiger partial charge >= 0.3 is 5.97 Å². The summed E-state index contributed by atoms with van der Waals surface area (Å²) in [6.07, 6.45) is 0.176. The van der Waals surface area contributed by atoms with E-state index in [1.807, 2.05) is 6.07 Å². The minimum atomic E-state index is -3.68. The minimum Gasteiger partial charge on any atom is -0.481 e. The van der Waals surface area contributed by atoms with Crippen LogP contribution in [0.15, 0.2) is 16.3 Å². The average Bonchev–Trinajstić information content (AvgIpc) is 2.82. The van der Waals surface area contributed by atoms with Crippen LogP contribution < -0.4 is 0 Å². The van der Waals surface area contributed by atoms with Crippen LogP contribution in [-0.4, -0.2) is 36.4 Å². The zero-order chi connectivity index (χ0) is 15.3. The Balaban J connectivity index is 2.95. The summed E-state index contributed by atoms with van der Waals surface area (Å²) in [7, 11) is -3.68. The van der Waals surface area contributed by atoms with Crippen LogP contribution in [0.2, 0.25) is 0 Å². The van der Waals surface area contributed by atoms with Crippen molar-refractivity contribution in [1.82, 2.24) is 4.31 Å². The smallest absolute Gasteiger partial charge is 0.303 e. The van der Waals surface area contributed by atoms with Crippen LogP contribution in [0.5, 0.6) is 0 Å². The molecule has 0 radical (unpaired) electrons. The predicted molar refractivity (Wildman–Crippen MR) is 74.9 cm³/mol. The van der Waals surface area contributed by atoms with E-state index in [2.05, 4.69) is 0 Å². The SMILES string of the molecule is CC(C)N(CCCC(=O)O)S(=O)(=O)c1ccc(C#N)s1. The minimum absolute atomic E-state index is 0.0768. The zero-order valence-electron chi connectivity index (χ0n) is 11.2. The van der Waals surface area contributed by atoms with Gasteiger partial charge in [-0.3, -0.25) is 4.79 Å². The Labute approximate surface area is 122 Å². The molecule has 1 aromatic heterocycles. The van der Waals surface area contributed by atoms with Crippen LogP contribution in [-0.2, 0) is 14.8 Å². The van der Waals surface area contributed by atoms with Gasteiger partial charge in [0.2, 0.25) is 0 Å². The number of nitriles is 1. The molecule has 6 nitrogen and oxygen atoms in total. The van der Waals surface area contributed by atoms with Crippen molar-refractivity contribution in [1.29, 1.82) is 5.26 Å². The van der Waals surface area contributed by atoms with E-state index in [1.165, 1.54) is 16.4 Å². The van der Waals surface area contributed by atoms with Crippen LogP contribution in [0.4, 0.5) is 0 Å². The van der Waals surface area contributed by atoms with Crippen LogP contribution in [0.1, 0.15) is 31.6 Å². The molecule has 0 fully saturated rings. The molecule has 1 rings (SSSR count). The number of aliphatic carboxylic acids is 1. The lowest BCUT2D eigenvalue weighted by molar-refractivity contribution is -0.137.